The van der Waals surface area contributed by atoms with Crippen molar-refractivity contribution in [3.63, 3.8) is 0 Å². The normalized spacial score (nSPS) is 12.2. The molecule has 1 unspecified atom stereocenters. The molecular formula is C13H17FO4. The minimum Gasteiger partial charge on any atom is -0.490 e. The number of halogens is 1. The number of Topliss-reactive ketones (excluding diaryl/α,β-unsaturated/α-hetero) is 1. The Morgan fingerprint density at radius 3 is 2.78 bits per heavy atom. The molecule has 1 aromatic carbocycles. The van der Waals surface area contributed by atoms with E-state index in [4.69, 9.17) is 9.47 Å². The van der Waals surface area contributed by atoms with Crippen LogP contribution in [-0.2, 0) is 4.74 Å². The van der Waals surface area contributed by atoms with Gasteiger partial charge in [0.15, 0.2) is 5.78 Å². The molecular weight excluding hydrogens is 239 g/mol. The monoisotopic (exact) mass is 256 g/mol. The van der Waals surface area contributed by atoms with Crippen molar-refractivity contribution in [2.45, 2.75) is 20.0 Å². The van der Waals surface area contributed by atoms with Gasteiger partial charge >= 0.3 is 0 Å². The highest BCUT2D eigenvalue weighted by Gasteiger charge is 2.12. The zero-order chi connectivity index (χ0) is 13.5. The van der Waals surface area contributed by atoms with E-state index in [0.717, 1.165) is 6.07 Å². The molecule has 0 radical (unpaired) electrons. The summed E-state index contributed by atoms with van der Waals surface area (Å²) in [6, 6.07) is 3.69. The highest BCUT2D eigenvalue weighted by molar-refractivity contribution is 5.96. The first kappa shape index (κ1) is 14.6. The zero-order valence-electron chi connectivity index (χ0n) is 10.5. The molecule has 1 atom stereocenters. The van der Waals surface area contributed by atoms with E-state index in [0.29, 0.717) is 12.2 Å². The van der Waals surface area contributed by atoms with Gasteiger partial charge in [-0.15, -0.1) is 0 Å². The molecule has 0 heterocycles. The fraction of sp³-hybridized carbons (Fsp3) is 0.462. The van der Waals surface area contributed by atoms with E-state index in [1.165, 1.54) is 19.1 Å². The molecule has 0 saturated heterocycles. The van der Waals surface area contributed by atoms with Crippen LogP contribution in [0.4, 0.5) is 4.39 Å². The molecule has 0 bridgehead atoms. The van der Waals surface area contributed by atoms with Crippen LogP contribution in [0.1, 0.15) is 24.2 Å². The number of hydrogen-bond donors (Lipinski definition) is 1. The average Bonchev–Trinajstić information content (AvgIpc) is 2.33. The SMILES string of the molecule is CCOCC(O)COc1cc(F)ccc1C(C)=O. The number of aliphatic hydroxyl groups excluding tert-OH is 1. The van der Waals surface area contributed by atoms with Gasteiger partial charge in [0.25, 0.3) is 0 Å². The Hall–Kier alpha value is -1.46. The number of aliphatic hydroxyl groups is 1. The van der Waals surface area contributed by atoms with Crippen LogP contribution >= 0.6 is 0 Å². The number of hydrogen-bond acceptors (Lipinski definition) is 4. The third-order valence-electron chi connectivity index (χ3n) is 2.27. The van der Waals surface area contributed by atoms with Gasteiger partial charge in [-0.1, -0.05) is 0 Å². The molecule has 0 fully saturated rings. The predicted octanol–water partition coefficient (Wildman–Crippen LogP) is 1.80. The van der Waals surface area contributed by atoms with Crippen molar-refractivity contribution in [2.75, 3.05) is 19.8 Å². The fourth-order valence-electron chi connectivity index (χ4n) is 1.39. The van der Waals surface area contributed by atoms with Crippen LogP contribution in [0.5, 0.6) is 5.75 Å². The molecule has 18 heavy (non-hydrogen) atoms. The number of ether oxygens (including phenoxy) is 2. The lowest BCUT2D eigenvalue weighted by Gasteiger charge is -2.14. The van der Waals surface area contributed by atoms with E-state index in [1.807, 2.05) is 6.92 Å². The summed E-state index contributed by atoms with van der Waals surface area (Å²) >= 11 is 0. The zero-order valence-corrected chi connectivity index (χ0v) is 10.5. The standard InChI is InChI=1S/C13H17FO4/c1-3-17-7-11(16)8-18-13-6-10(14)4-5-12(13)9(2)15/h4-6,11,16H,3,7-8H2,1-2H3. The Labute approximate surface area is 105 Å². The van der Waals surface area contributed by atoms with Crippen LogP contribution in [0, 0.1) is 5.82 Å². The van der Waals surface area contributed by atoms with Crippen LogP contribution in [-0.4, -0.2) is 36.8 Å². The van der Waals surface area contributed by atoms with Gasteiger partial charge in [-0.2, -0.15) is 0 Å². The molecule has 100 valence electrons. The van der Waals surface area contributed by atoms with Crippen molar-refractivity contribution < 1.29 is 23.8 Å². The Morgan fingerprint density at radius 1 is 1.44 bits per heavy atom. The molecule has 0 aliphatic rings. The highest BCUT2D eigenvalue weighted by atomic mass is 19.1. The molecule has 0 amide bonds. The molecule has 1 aromatic rings. The van der Waals surface area contributed by atoms with Gasteiger partial charge in [-0.3, -0.25) is 4.79 Å². The van der Waals surface area contributed by atoms with Crippen LogP contribution in [0.25, 0.3) is 0 Å². The summed E-state index contributed by atoms with van der Waals surface area (Å²) in [6.07, 6.45) is -0.812. The second-order valence-electron chi connectivity index (χ2n) is 3.82. The first-order valence-electron chi connectivity index (χ1n) is 5.73. The fourth-order valence-corrected chi connectivity index (χ4v) is 1.39. The third-order valence-corrected chi connectivity index (χ3v) is 2.27. The molecule has 4 nitrogen and oxygen atoms in total. The number of benzene rings is 1. The molecule has 0 aliphatic heterocycles. The van der Waals surface area contributed by atoms with Crippen LogP contribution in [0.2, 0.25) is 0 Å². The molecule has 0 saturated carbocycles. The van der Waals surface area contributed by atoms with Gasteiger partial charge in [0.1, 0.15) is 24.3 Å². The summed E-state index contributed by atoms with van der Waals surface area (Å²) in [7, 11) is 0. The van der Waals surface area contributed by atoms with E-state index in [1.54, 1.807) is 0 Å². The Morgan fingerprint density at radius 2 is 2.17 bits per heavy atom. The predicted molar refractivity (Wildman–Crippen MR) is 64.4 cm³/mol. The summed E-state index contributed by atoms with van der Waals surface area (Å²) in [5.41, 5.74) is 0.292. The lowest BCUT2D eigenvalue weighted by Crippen LogP contribution is -2.23. The maximum Gasteiger partial charge on any atom is 0.163 e. The van der Waals surface area contributed by atoms with E-state index >= 15 is 0 Å². The van der Waals surface area contributed by atoms with Gasteiger partial charge in [0, 0.05) is 12.7 Å². The summed E-state index contributed by atoms with van der Waals surface area (Å²) in [5.74, 6) is -0.573. The minimum atomic E-state index is -0.812. The van der Waals surface area contributed by atoms with E-state index in [2.05, 4.69) is 0 Å². The van der Waals surface area contributed by atoms with Gasteiger partial charge in [-0.05, 0) is 26.0 Å². The second kappa shape index (κ2) is 7.08. The second-order valence-corrected chi connectivity index (χ2v) is 3.82. The largest absolute Gasteiger partial charge is 0.490 e. The summed E-state index contributed by atoms with van der Waals surface area (Å²) in [6.45, 7) is 3.77. The Balaban J connectivity index is 2.65. The molecule has 1 N–H and O–H groups in total. The van der Waals surface area contributed by atoms with Crippen molar-refractivity contribution in [2.24, 2.45) is 0 Å². The first-order valence-corrected chi connectivity index (χ1v) is 5.73. The maximum atomic E-state index is 13.1. The third kappa shape index (κ3) is 4.43. The van der Waals surface area contributed by atoms with Crippen LogP contribution in [0.3, 0.4) is 0 Å². The van der Waals surface area contributed by atoms with Crippen LogP contribution in [0.15, 0.2) is 18.2 Å². The quantitative estimate of drug-likeness (QED) is 0.756. The van der Waals surface area contributed by atoms with Gasteiger partial charge in [0.2, 0.25) is 0 Å². The lowest BCUT2D eigenvalue weighted by molar-refractivity contribution is 0.0162. The van der Waals surface area contributed by atoms with Crippen molar-refractivity contribution >= 4 is 5.78 Å². The van der Waals surface area contributed by atoms with E-state index < -0.39 is 11.9 Å². The van der Waals surface area contributed by atoms with Gasteiger partial charge in [-0.25, -0.2) is 4.39 Å². The molecule has 0 spiro atoms. The molecule has 5 heteroatoms. The van der Waals surface area contributed by atoms with Gasteiger partial charge < -0.3 is 14.6 Å². The summed E-state index contributed by atoms with van der Waals surface area (Å²) in [5, 5.41) is 9.51. The lowest BCUT2D eigenvalue weighted by atomic mass is 10.1. The smallest absolute Gasteiger partial charge is 0.163 e. The maximum absolute atomic E-state index is 13.1. The number of carbonyl (C=O) groups is 1. The highest BCUT2D eigenvalue weighted by Crippen LogP contribution is 2.20. The van der Waals surface area contributed by atoms with Gasteiger partial charge in [0.05, 0.1) is 12.2 Å². The number of ketones is 1. The minimum absolute atomic E-state index is 0.0519. The topological polar surface area (TPSA) is 55.8 Å². The van der Waals surface area contributed by atoms with Crippen LogP contribution < -0.4 is 4.74 Å². The Bertz CT molecular complexity index is 406. The first-order chi connectivity index (χ1) is 8.54. The average molecular weight is 256 g/mol. The Kier molecular flexibility index (Phi) is 5.74. The number of carbonyl (C=O) groups excluding carboxylic acids is 1. The van der Waals surface area contributed by atoms with Crippen molar-refractivity contribution in [1.29, 1.82) is 0 Å². The van der Waals surface area contributed by atoms with E-state index in [9.17, 15) is 14.3 Å². The summed E-state index contributed by atoms with van der Waals surface area (Å²) < 4.78 is 23.3. The van der Waals surface area contributed by atoms with Crippen molar-refractivity contribution in [1.82, 2.24) is 0 Å². The van der Waals surface area contributed by atoms with E-state index in [-0.39, 0.29) is 24.7 Å². The molecule has 0 aromatic heterocycles. The number of rotatable bonds is 7. The molecule has 0 aliphatic carbocycles. The van der Waals surface area contributed by atoms with Crippen molar-refractivity contribution in [3.05, 3.63) is 29.6 Å². The molecule has 1 rings (SSSR count). The summed E-state index contributed by atoms with van der Waals surface area (Å²) in [4.78, 5) is 11.3. The van der Waals surface area contributed by atoms with Crippen molar-refractivity contribution in [3.8, 4) is 5.75 Å².